The van der Waals surface area contributed by atoms with Crippen molar-refractivity contribution < 1.29 is 18.8 Å². The van der Waals surface area contributed by atoms with E-state index in [9.17, 15) is 9.59 Å². The average molecular weight is 601 g/mol. The fraction of sp³-hybridized carbons (Fsp3) is 0.485. The molecule has 5 heterocycles. The van der Waals surface area contributed by atoms with Crippen LogP contribution in [0.25, 0.3) is 10.9 Å². The zero-order valence-electron chi connectivity index (χ0n) is 26.3. The maximum Gasteiger partial charge on any atom is 0.261 e. The maximum atomic E-state index is 14.0. The van der Waals surface area contributed by atoms with Crippen LogP contribution in [0.4, 0.5) is 11.4 Å². The molecule has 232 valence electrons. The molecule has 0 radical (unpaired) electrons. The Morgan fingerprint density at radius 1 is 1.11 bits per heavy atom. The molecular formula is C33H40N6O5. The minimum Gasteiger partial charge on any atom is -0.382 e. The lowest BCUT2D eigenvalue weighted by atomic mass is 9.90. The average Bonchev–Trinajstić information content (AvgIpc) is 3.42. The number of carbonyl (C=O) groups excluding carboxylic acids is 1. The van der Waals surface area contributed by atoms with Gasteiger partial charge >= 0.3 is 0 Å². The van der Waals surface area contributed by atoms with Gasteiger partial charge in [-0.15, -0.1) is 0 Å². The Hall–Kier alpha value is -4.09. The fourth-order valence-electron chi connectivity index (χ4n) is 6.45. The highest BCUT2D eigenvalue weighted by Gasteiger charge is 2.43. The van der Waals surface area contributed by atoms with Crippen molar-refractivity contribution in [1.82, 2.24) is 19.7 Å². The van der Waals surface area contributed by atoms with E-state index < -0.39 is 5.41 Å². The van der Waals surface area contributed by atoms with Gasteiger partial charge in [0.25, 0.3) is 5.56 Å². The molecule has 44 heavy (non-hydrogen) atoms. The molecule has 3 aromatic heterocycles. The minimum atomic E-state index is -0.655. The largest absolute Gasteiger partial charge is 0.382 e. The number of likely N-dealkylation sites (N-methyl/N-ethyl adjacent to an activating group) is 1. The topological polar surface area (TPSA) is 116 Å². The van der Waals surface area contributed by atoms with Crippen molar-refractivity contribution in [3.63, 3.8) is 0 Å². The van der Waals surface area contributed by atoms with Crippen molar-refractivity contribution in [1.29, 1.82) is 0 Å². The van der Waals surface area contributed by atoms with Gasteiger partial charge in [0.2, 0.25) is 5.91 Å². The molecule has 0 N–H and O–H groups in total. The van der Waals surface area contributed by atoms with Crippen molar-refractivity contribution in [3.05, 3.63) is 74.9 Å². The van der Waals surface area contributed by atoms with Gasteiger partial charge in [0.1, 0.15) is 11.6 Å². The Morgan fingerprint density at radius 3 is 2.68 bits per heavy atom. The van der Waals surface area contributed by atoms with Gasteiger partial charge in [0.05, 0.1) is 52.7 Å². The summed E-state index contributed by atoms with van der Waals surface area (Å²) in [6.07, 6.45) is 3.60. The van der Waals surface area contributed by atoms with Crippen LogP contribution in [0.5, 0.6) is 0 Å². The molecule has 0 unspecified atom stereocenters. The van der Waals surface area contributed by atoms with Crippen molar-refractivity contribution >= 4 is 28.2 Å². The molecule has 6 rings (SSSR count). The maximum absolute atomic E-state index is 14.0. The molecule has 0 aliphatic carbocycles. The van der Waals surface area contributed by atoms with E-state index in [-0.39, 0.29) is 17.6 Å². The fourth-order valence-corrected chi connectivity index (χ4v) is 6.45. The summed E-state index contributed by atoms with van der Waals surface area (Å²) in [6, 6.07) is 7.90. The number of aromatic nitrogens is 4. The molecule has 0 saturated carbocycles. The van der Waals surface area contributed by atoms with Crippen LogP contribution in [0.3, 0.4) is 0 Å². The predicted molar refractivity (Wildman–Crippen MR) is 168 cm³/mol. The van der Waals surface area contributed by atoms with Crippen LogP contribution in [-0.4, -0.2) is 72.2 Å². The van der Waals surface area contributed by atoms with E-state index >= 15 is 0 Å². The summed E-state index contributed by atoms with van der Waals surface area (Å²) < 4.78 is 18.3. The third kappa shape index (κ3) is 5.39. The molecule has 0 spiro atoms. The van der Waals surface area contributed by atoms with E-state index in [1.54, 1.807) is 23.6 Å². The lowest BCUT2D eigenvalue weighted by molar-refractivity contribution is -0.121. The molecule has 1 saturated heterocycles. The van der Waals surface area contributed by atoms with Gasteiger partial charge in [-0.25, -0.2) is 4.98 Å². The summed E-state index contributed by atoms with van der Waals surface area (Å²) in [4.78, 5) is 40.5. The van der Waals surface area contributed by atoms with E-state index in [2.05, 4.69) is 15.0 Å². The number of fused-ring (bicyclic) bond motifs is 2. The van der Waals surface area contributed by atoms with Gasteiger partial charge in [0.15, 0.2) is 0 Å². The smallest absolute Gasteiger partial charge is 0.261 e. The number of aryl methyl sites for hydroxylation is 4. The first-order chi connectivity index (χ1) is 21.1. The van der Waals surface area contributed by atoms with Crippen LogP contribution in [0, 0.1) is 13.8 Å². The number of ether oxygens (including phenoxy) is 2. The van der Waals surface area contributed by atoms with Crippen LogP contribution in [-0.2, 0) is 45.5 Å². The number of methoxy groups -OCH3 is 1. The molecule has 0 bridgehead atoms. The third-order valence-electron chi connectivity index (χ3n) is 9.00. The monoisotopic (exact) mass is 600 g/mol. The lowest BCUT2D eigenvalue weighted by Gasteiger charge is -2.34. The lowest BCUT2D eigenvalue weighted by Crippen LogP contribution is -2.44. The second-order valence-corrected chi connectivity index (χ2v) is 12.3. The number of hydrogen-bond acceptors (Lipinski definition) is 9. The third-order valence-corrected chi connectivity index (χ3v) is 9.00. The zero-order valence-corrected chi connectivity index (χ0v) is 26.3. The molecule has 11 heteroatoms. The van der Waals surface area contributed by atoms with E-state index in [1.165, 1.54) is 0 Å². The predicted octanol–water partition coefficient (Wildman–Crippen LogP) is 3.53. The normalized spacial score (nSPS) is 18.0. The number of nitrogens with zero attached hydrogens (tertiary/aromatic N) is 6. The van der Waals surface area contributed by atoms with Crippen molar-refractivity contribution in [3.8, 4) is 0 Å². The Morgan fingerprint density at radius 2 is 1.93 bits per heavy atom. The Labute approximate surface area is 256 Å². The second kappa shape index (κ2) is 11.8. The van der Waals surface area contributed by atoms with Gasteiger partial charge in [0, 0.05) is 57.7 Å². The molecule has 1 aromatic carbocycles. The summed E-state index contributed by atoms with van der Waals surface area (Å²) in [5, 5.41) is 4.68. The number of pyridine rings is 1. The van der Waals surface area contributed by atoms with Crippen molar-refractivity contribution in [2.24, 2.45) is 0 Å². The van der Waals surface area contributed by atoms with Crippen LogP contribution in [0.15, 0.2) is 39.8 Å². The summed E-state index contributed by atoms with van der Waals surface area (Å²) in [5.74, 6) is 1.52. The highest BCUT2D eigenvalue weighted by atomic mass is 16.5. The van der Waals surface area contributed by atoms with E-state index in [4.69, 9.17) is 19.0 Å². The first kappa shape index (κ1) is 30.0. The number of carbonyl (C=O) groups is 1. The number of benzene rings is 1. The van der Waals surface area contributed by atoms with Gasteiger partial charge in [-0.1, -0.05) is 5.16 Å². The summed E-state index contributed by atoms with van der Waals surface area (Å²) in [7, 11) is 3.47. The van der Waals surface area contributed by atoms with Gasteiger partial charge < -0.3 is 23.8 Å². The standard InChI is InChI=1S/C33H40N6O5/c1-20-25(21(2)44-36-20)9-10-29-35-27-16-23(38-13-14-43-24(18-38)19-42-6)7-8-26(27)31(40)39(29)12-11-22-15-28-30(34-17-22)33(3,4)32(41)37(28)5/h7-8,15-17,24H,9-14,18-19H2,1-6H3/t24-/m1/s1. The molecule has 11 nitrogen and oxygen atoms in total. The molecular weight excluding hydrogens is 560 g/mol. The number of rotatable bonds is 9. The first-order valence-electron chi connectivity index (χ1n) is 15.2. The Balaban J connectivity index is 1.33. The number of anilines is 2. The summed E-state index contributed by atoms with van der Waals surface area (Å²) >= 11 is 0. The van der Waals surface area contributed by atoms with Crippen molar-refractivity contribution in [2.75, 3.05) is 50.3 Å². The molecule has 1 amide bonds. The summed E-state index contributed by atoms with van der Waals surface area (Å²) in [5.41, 5.74) is 5.40. The SMILES string of the molecule is COC[C@H]1CN(c2ccc3c(=O)n(CCc4cnc5c(c4)N(C)C(=O)C5(C)C)c(CCc4c(C)noc4C)nc3c2)CCO1. The van der Waals surface area contributed by atoms with Crippen LogP contribution in [0.1, 0.15) is 47.9 Å². The molecule has 4 aromatic rings. The van der Waals surface area contributed by atoms with E-state index in [0.29, 0.717) is 62.3 Å². The van der Waals surface area contributed by atoms with Crippen LogP contribution < -0.4 is 15.4 Å². The van der Waals surface area contributed by atoms with Crippen LogP contribution >= 0.6 is 0 Å². The van der Waals surface area contributed by atoms with E-state index in [0.717, 1.165) is 46.2 Å². The molecule has 2 aliphatic rings. The highest BCUT2D eigenvalue weighted by molar-refractivity contribution is 6.06. The second-order valence-electron chi connectivity index (χ2n) is 12.3. The van der Waals surface area contributed by atoms with Gasteiger partial charge in [-0.2, -0.15) is 0 Å². The van der Waals surface area contributed by atoms with E-state index in [1.807, 2.05) is 58.2 Å². The highest BCUT2D eigenvalue weighted by Crippen LogP contribution is 2.39. The molecule has 1 atom stereocenters. The molecule has 1 fully saturated rings. The number of hydrogen-bond donors (Lipinski definition) is 0. The van der Waals surface area contributed by atoms with Crippen molar-refractivity contribution in [2.45, 2.75) is 65.0 Å². The quantitative estimate of drug-likeness (QED) is 0.285. The Bertz CT molecular complexity index is 1760. The van der Waals surface area contributed by atoms with Gasteiger partial charge in [-0.05, 0) is 70.4 Å². The first-order valence-corrected chi connectivity index (χ1v) is 15.2. The number of morpholine rings is 1. The van der Waals surface area contributed by atoms with Crippen LogP contribution in [0.2, 0.25) is 0 Å². The van der Waals surface area contributed by atoms with Gasteiger partial charge in [-0.3, -0.25) is 19.1 Å². The number of amides is 1. The zero-order chi connectivity index (χ0) is 31.2. The molecule has 2 aliphatic heterocycles. The minimum absolute atomic E-state index is 0.00583. The summed E-state index contributed by atoms with van der Waals surface area (Å²) in [6.45, 7) is 10.7. The Kier molecular flexibility index (Phi) is 8.02.